The highest BCUT2D eigenvalue weighted by Gasteiger charge is 2.19. The monoisotopic (exact) mass is 205 g/mol. The van der Waals surface area contributed by atoms with E-state index in [-0.39, 0.29) is 4.92 Å². The molecule has 0 radical (unpaired) electrons. The molecule has 5 heteroatoms. The number of fused-ring (bicyclic) bond motifs is 1. The minimum absolute atomic E-state index is 0.290. The van der Waals surface area contributed by atoms with Crippen LogP contribution in [-0.2, 0) is 7.05 Å². The van der Waals surface area contributed by atoms with Crippen molar-refractivity contribution in [1.29, 1.82) is 0 Å². The normalized spacial score (nSPS) is 12.9. The molecule has 1 aromatic carbocycles. The minimum Gasteiger partial charge on any atom is -0.275 e. The Bertz CT molecular complexity index is 518. The molecule has 2 rings (SSSR count). The van der Waals surface area contributed by atoms with Crippen LogP contribution < -0.4 is 0 Å². The fraction of sp³-hybridized carbons (Fsp3) is 0.300. The van der Waals surface area contributed by atoms with Crippen LogP contribution in [0.2, 0.25) is 0 Å². The number of nitrogens with zero attached hydrogens (tertiary/aromatic N) is 3. The van der Waals surface area contributed by atoms with Crippen LogP contribution in [0.5, 0.6) is 0 Å². The smallest absolute Gasteiger partial charge is 0.236 e. The van der Waals surface area contributed by atoms with Gasteiger partial charge in [0.1, 0.15) is 0 Å². The summed E-state index contributed by atoms with van der Waals surface area (Å²) in [5.41, 5.74) is 1.51. The molecule has 0 aliphatic heterocycles. The van der Waals surface area contributed by atoms with Gasteiger partial charge in [-0.1, -0.05) is 12.1 Å². The molecule has 0 saturated carbocycles. The molecule has 78 valence electrons. The first-order chi connectivity index (χ1) is 7.09. The van der Waals surface area contributed by atoms with E-state index in [0.717, 1.165) is 10.9 Å². The lowest BCUT2D eigenvalue weighted by Crippen LogP contribution is -2.05. The Morgan fingerprint density at radius 2 is 2.27 bits per heavy atom. The zero-order valence-electron chi connectivity index (χ0n) is 8.54. The third-order valence-electron chi connectivity index (χ3n) is 2.46. The summed E-state index contributed by atoms with van der Waals surface area (Å²) in [7, 11) is 1.81. The van der Waals surface area contributed by atoms with Gasteiger partial charge < -0.3 is 0 Å². The molecule has 15 heavy (non-hydrogen) atoms. The van der Waals surface area contributed by atoms with E-state index in [1.54, 1.807) is 30.8 Å². The number of hydrogen-bond donors (Lipinski definition) is 0. The van der Waals surface area contributed by atoms with Gasteiger partial charge in [-0.25, -0.2) is 0 Å². The van der Waals surface area contributed by atoms with Crippen LogP contribution in [0.15, 0.2) is 24.4 Å². The molecule has 1 atom stereocenters. The fourth-order valence-corrected chi connectivity index (χ4v) is 1.66. The average Bonchev–Trinajstić information content (AvgIpc) is 2.56. The van der Waals surface area contributed by atoms with Crippen LogP contribution in [0.3, 0.4) is 0 Å². The highest BCUT2D eigenvalue weighted by Crippen LogP contribution is 2.24. The van der Waals surface area contributed by atoms with Gasteiger partial charge in [0.15, 0.2) is 0 Å². The summed E-state index contributed by atoms with van der Waals surface area (Å²) in [4.78, 5) is 10.4. The van der Waals surface area contributed by atoms with Gasteiger partial charge in [0.25, 0.3) is 0 Å². The molecule has 0 bridgehead atoms. The zero-order valence-corrected chi connectivity index (χ0v) is 8.54. The van der Waals surface area contributed by atoms with E-state index in [1.807, 2.05) is 12.3 Å². The van der Waals surface area contributed by atoms with E-state index in [1.165, 1.54) is 0 Å². The molecule has 1 aromatic heterocycles. The second-order valence-electron chi connectivity index (χ2n) is 3.54. The minimum atomic E-state index is -0.696. The van der Waals surface area contributed by atoms with Crippen LogP contribution in [0.4, 0.5) is 0 Å². The molecule has 0 aliphatic rings. The Morgan fingerprint density at radius 3 is 2.93 bits per heavy atom. The topological polar surface area (TPSA) is 61.0 Å². The van der Waals surface area contributed by atoms with Crippen molar-refractivity contribution in [2.75, 3.05) is 0 Å². The lowest BCUT2D eigenvalue weighted by atomic mass is 10.1. The molecule has 1 unspecified atom stereocenters. The largest absolute Gasteiger partial charge is 0.275 e. The Morgan fingerprint density at radius 1 is 1.53 bits per heavy atom. The zero-order chi connectivity index (χ0) is 11.0. The van der Waals surface area contributed by atoms with Crippen LogP contribution in [-0.4, -0.2) is 14.7 Å². The van der Waals surface area contributed by atoms with Crippen molar-refractivity contribution >= 4 is 10.9 Å². The Kier molecular flexibility index (Phi) is 2.15. The van der Waals surface area contributed by atoms with Crippen LogP contribution in [0.25, 0.3) is 10.9 Å². The van der Waals surface area contributed by atoms with Gasteiger partial charge in [-0.15, -0.1) is 0 Å². The molecule has 0 N–H and O–H groups in total. The summed E-state index contributed by atoms with van der Waals surface area (Å²) in [6.45, 7) is 1.59. The Balaban J connectivity index is 2.64. The summed E-state index contributed by atoms with van der Waals surface area (Å²) in [5.74, 6) is 0. The van der Waals surface area contributed by atoms with Gasteiger partial charge >= 0.3 is 0 Å². The molecule has 0 fully saturated rings. The van der Waals surface area contributed by atoms with Crippen molar-refractivity contribution in [2.45, 2.75) is 13.0 Å². The van der Waals surface area contributed by atoms with E-state index in [9.17, 15) is 10.1 Å². The molecule has 2 aromatic rings. The van der Waals surface area contributed by atoms with E-state index in [0.29, 0.717) is 5.56 Å². The summed E-state index contributed by atoms with van der Waals surface area (Å²) < 4.78 is 1.67. The number of aromatic nitrogens is 2. The molecule has 1 heterocycles. The standard InChI is InChI=1S/C10H11N3O2/c1-7(13(14)15)8-4-3-5-10-9(8)6-12(2)11-10/h3-7H,1-2H3. The average molecular weight is 205 g/mol. The number of benzene rings is 1. The second kappa shape index (κ2) is 3.34. The van der Waals surface area contributed by atoms with E-state index >= 15 is 0 Å². The van der Waals surface area contributed by atoms with Gasteiger partial charge in [0, 0.05) is 36.0 Å². The molecule has 0 amide bonds. The van der Waals surface area contributed by atoms with Gasteiger partial charge in [-0.3, -0.25) is 14.8 Å². The quantitative estimate of drug-likeness (QED) is 0.555. The third kappa shape index (κ3) is 1.56. The number of hydrogen-bond acceptors (Lipinski definition) is 3. The van der Waals surface area contributed by atoms with Crippen molar-refractivity contribution in [3.8, 4) is 0 Å². The van der Waals surface area contributed by atoms with Crippen molar-refractivity contribution in [1.82, 2.24) is 9.78 Å². The first-order valence-corrected chi connectivity index (χ1v) is 4.65. The van der Waals surface area contributed by atoms with Crippen molar-refractivity contribution < 1.29 is 4.92 Å². The van der Waals surface area contributed by atoms with Gasteiger partial charge in [-0.2, -0.15) is 5.10 Å². The van der Waals surface area contributed by atoms with E-state index in [4.69, 9.17) is 0 Å². The number of aryl methyl sites for hydroxylation is 1. The van der Waals surface area contributed by atoms with Crippen LogP contribution >= 0.6 is 0 Å². The Labute approximate surface area is 86.5 Å². The van der Waals surface area contributed by atoms with Crippen molar-refractivity contribution in [3.63, 3.8) is 0 Å². The molecule has 0 spiro atoms. The highest BCUT2D eigenvalue weighted by molar-refractivity contribution is 5.82. The van der Waals surface area contributed by atoms with Crippen LogP contribution in [0.1, 0.15) is 18.5 Å². The maximum atomic E-state index is 10.7. The number of rotatable bonds is 2. The summed E-state index contributed by atoms with van der Waals surface area (Å²) in [6, 6.07) is 4.73. The van der Waals surface area contributed by atoms with Gasteiger partial charge in [0.2, 0.25) is 6.04 Å². The lowest BCUT2D eigenvalue weighted by molar-refractivity contribution is -0.524. The predicted octanol–water partition coefficient (Wildman–Crippen LogP) is 1.91. The van der Waals surface area contributed by atoms with Gasteiger partial charge in [0.05, 0.1) is 5.52 Å². The van der Waals surface area contributed by atoms with Crippen molar-refractivity contribution in [2.24, 2.45) is 7.05 Å². The molecular formula is C10H11N3O2. The summed E-state index contributed by atoms with van der Waals surface area (Å²) in [5, 5.41) is 15.8. The Hall–Kier alpha value is -1.91. The molecular weight excluding hydrogens is 194 g/mol. The first-order valence-electron chi connectivity index (χ1n) is 4.65. The summed E-state index contributed by atoms with van der Waals surface area (Å²) >= 11 is 0. The molecule has 5 nitrogen and oxygen atoms in total. The predicted molar refractivity (Wildman–Crippen MR) is 56.1 cm³/mol. The van der Waals surface area contributed by atoms with E-state index < -0.39 is 6.04 Å². The van der Waals surface area contributed by atoms with Gasteiger partial charge in [-0.05, 0) is 6.07 Å². The first kappa shape index (κ1) is 9.64. The van der Waals surface area contributed by atoms with Crippen LogP contribution in [0, 0.1) is 10.1 Å². The lowest BCUT2D eigenvalue weighted by Gasteiger charge is -2.04. The number of nitro groups is 1. The van der Waals surface area contributed by atoms with Crippen molar-refractivity contribution in [3.05, 3.63) is 40.1 Å². The molecule has 0 saturated heterocycles. The van der Waals surface area contributed by atoms with E-state index in [2.05, 4.69) is 5.10 Å². The third-order valence-corrected chi connectivity index (χ3v) is 2.46. The maximum Gasteiger partial charge on any atom is 0.236 e. The SMILES string of the molecule is CC(c1cccc2nn(C)cc12)[N+](=O)[O-]. The second-order valence-corrected chi connectivity index (χ2v) is 3.54. The fourth-order valence-electron chi connectivity index (χ4n) is 1.66. The highest BCUT2D eigenvalue weighted by atomic mass is 16.6. The summed E-state index contributed by atoms with van der Waals surface area (Å²) in [6.07, 6.45) is 1.81. The molecule has 0 aliphatic carbocycles. The maximum absolute atomic E-state index is 10.7.